The van der Waals surface area contributed by atoms with Gasteiger partial charge in [0.15, 0.2) is 5.96 Å². The van der Waals surface area contributed by atoms with Crippen molar-refractivity contribution in [2.75, 3.05) is 13.6 Å². The van der Waals surface area contributed by atoms with Crippen LogP contribution in [-0.2, 0) is 6.54 Å². The Bertz CT molecular complexity index is 663. The Kier molecular flexibility index (Phi) is 8.74. The molecule has 0 amide bonds. The van der Waals surface area contributed by atoms with Gasteiger partial charge in [0.05, 0.1) is 18.8 Å². The number of halogens is 1. The van der Waals surface area contributed by atoms with E-state index in [9.17, 15) is 0 Å². The molecule has 2 N–H and O–H groups in total. The van der Waals surface area contributed by atoms with Gasteiger partial charge < -0.3 is 19.8 Å². The van der Waals surface area contributed by atoms with E-state index in [1.165, 1.54) is 5.56 Å². The molecular weight excluding hydrogens is 431 g/mol. The smallest absolute Gasteiger partial charge is 0.214 e. The standard InChI is InChI=1S/C18H26N4O2.HI/c1-12-6-8-16(9-7-12)23-13(2)10-20-18(19-5)21-11-17-22-14(3)15(4)24-17;/h6-9,13H,10-11H2,1-5H3,(H2,19,20,21);1H. The van der Waals surface area contributed by atoms with Crippen molar-refractivity contribution in [2.24, 2.45) is 4.99 Å². The van der Waals surface area contributed by atoms with Crippen LogP contribution in [0.15, 0.2) is 33.7 Å². The first kappa shape index (κ1) is 21.3. The number of oxazole rings is 1. The van der Waals surface area contributed by atoms with E-state index < -0.39 is 0 Å². The van der Waals surface area contributed by atoms with E-state index in [1.807, 2.05) is 45.0 Å². The molecule has 2 aromatic rings. The lowest BCUT2D eigenvalue weighted by Crippen LogP contribution is -2.41. The van der Waals surface area contributed by atoms with Crippen LogP contribution >= 0.6 is 24.0 Å². The van der Waals surface area contributed by atoms with Gasteiger partial charge in [0, 0.05) is 7.05 Å². The SMILES string of the molecule is CN=C(NCc1nc(C)c(C)o1)NCC(C)Oc1ccc(C)cc1.I. The number of aromatic nitrogens is 1. The van der Waals surface area contributed by atoms with Gasteiger partial charge in [0.1, 0.15) is 17.6 Å². The lowest BCUT2D eigenvalue weighted by atomic mass is 10.2. The Balaban J connectivity index is 0.00000312. The van der Waals surface area contributed by atoms with E-state index in [0.717, 1.165) is 17.2 Å². The van der Waals surface area contributed by atoms with Crippen molar-refractivity contribution in [3.05, 3.63) is 47.2 Å². The van der Waals surface area contributed by atoms with Gasteiger partial charge in [-0.25, -0.2) is 4.98 Å². The van der Waals surface area contributed by atoms with Crippen LogP contribution in [0.2, 0.25) is 0 Å². The number of guanidine groups is 1. The zero-order chi connectivity index (χ0) is 17.5. The van der Waals surface area contributed by atoms with Gasteiger partial charge in [-0.3, -0.25) is 4.99 Å². The molecule has 138 valence electrons. The van der Waals surface area contributed by atoms with Crippen LogP contribution in [0.3, 0.4) is 0 Å². The molecular formula is C18H27IN4O2. The first-order chi connectivity index (χ1) is 11.5. The molecule has 7 heteroatoms. The Morgan fingerprint density at radius 3 is 2.44 bits per heavy atom. The molecule has 6 nitrogen and oxygen atoms in total. The number of nitrogens with one attached hydrogen (secondary N) is 2. The highest BCUT2D eigenvalue weighted by atomic mass is 127. The molecule has 0 fully saturated rings. The molecule has 1 aromatic carbocycles. The third-order valence-corrected chi connectivity index (χ3v) is 3.62. The second-order valence-electron chi connectivity index (χ2n) is 5.80. The highest BCUT2D eigenvalue weighted by Crippen LogP contribution is 2.13. The maximum atomic E-state index is 5.87. The maximum Gasteiger partial charge on any atom is 0.214 e. The van der Waals surface area contributed by atoms with Gasteiger partial charge in [-0.05, 0) is 39.8 Å². The number of aryl methyl sites for hydroxylation is 3. The van der Waals surface area contributed by atoms with Crippen LogP contribution in [0.4, 0.5) is 0 Å². The molecule has 0 bridgehead atoms. The Hall–Kier alpha value is -1.77. The van der Waals surface area contributed by atoms with Crippen molar-refractivity contribution < 1.29 is 9.15 Å². The molecule has 0 aliphatic heterocycles. The molecule has 0 saturated carbocycles. The molecule has 0 radical (unpaired) electrons. The van der Waals surface area contributed by atoms with Crippen LogP contribution in [0.25, 0.3) is 0 Å². The fraction of sp³-hybridized carbons (Fsp3) is 0.444. The lowest BCUT2D eigenvalue weighted by Gasteiger charge is -2.17. The van der Waals surface area contributed by atoms with Crippen LogP contribution in [0.5, 0.6) is 5.75 Å². The summed E-state index contributed by atoms with van der Waals surface area (Å²) < 4.78 is 11.4. The monoisotopic (exact) mass is 458 g/mol. The van der Waals surface area contributed by atoms with Gasteiger partial charge in [-0.2, -0.15) is 0 Å². The number of ether oxygens (including phenoxy) is 1. The van der Waals surface area contributed by atoms with Crippen LogP contribution in [0, 0.1) is 20.8 Å². The Morgan fingerprint density at radius 1 is 1.20 bits per heavy atom. The number of rotatable bonds is 6. The van der Waals surface area contributed by atoms with Gasteiger partial charge in [0.2, 0.25) is 5.89 Å². The third kappa shape index (κ3) is 6.93. The number of hydrogen-bond acceptors (Lipinski definition) is 4. The van der Waals surface area contributed by atoms with Gasteiger partial charge in [-0.1, -0.05) is 17.7 Å². The van der Waals surface area contributed by atoms with E-state index in [1.54, 1.807) is 7.05 Å². The molecule has 1 heterocycles. The highest BCUT2D eigenvalue weighted by molar-refractivity contribution is 14.0. The zero-order valence-electron chi connectivity index (χ0n) is 15.4. The summed E-state index contributed by atoms with van der Waals surface area (Å²) >= 11 is 0. The summed E-state index contributed by atoms with van der Waals surface area (Å²) in [6.45, 7) is 9.03. The minimum Gasteiger partial charge on any atom is -0.489 e. The zero-order valence-corrected chi connectivity index (χ0v) is 17.8. The quantitative estimate of drug-likeness (QED) is 0.395. The molecule has 0 aliphatic carbocycles. The molecule has 1 atom stereocenters. The van der Waals surface area contributed by atoms with Crippen molar-refractivity contribution in [3.8, 4) is 5.75 Å². The first-order valence-electron chi connectivity index (χ1n) is 8.08. The van der Waals surface area contributed by atoms with Gasteiger partial charge in [0.25, 0.3) is 0 Å². The number of benzene rings is 1. The van der Waals surface area contributed by atoms with Crippen molar-refractivity contribution in [2.45, 2.75) is 40.3 Å². The van der Waals surface area contributed by atoms with Gasteiger partial charge >= 0.3 is 0 Å². The molecule has 1 unspecified atom stereocenters. The lowest BCUT2D eigenvalue weighted by molar-refractivity contribution is 0.224. The maximum absolute atomic E-state index is 5.87. The summed E-state index contributed by atoms with van der Waals surface area (Å²) in [5.41, 5.74) is 2.13. The average Bonchev–Trinajstić information content (AvgIpc) is 2.88. The first-order valence-corrected chi connectivity index (χ1v) is 8.08. The van der Waals surface area contributed by atoms with Crippen molar-refractivity contribution in [3.63, 3.8) is 0 Å². The van der Waals surface area contributed by atoms with Crippen molar-refractivity contribution >= 4 is 29.9 Å². The fourth-order valence-corrected chi connectivity index (χ4v) is 2.13. The highest BCUT2D eigenvalue weighted by Gasteiger charge is 2.08. The number of nitrogens with zero attached hydrogens (tertiary/aromatic N) is 2. The molecule has 2 rings (SSSR count). The van der Waals surface area contributed by atoms with E-state index in [4.69, 9.17) is 9.15 Å². The van der Waals surface area contributed by atoms with Crippen LogP contribution in [-0.4, -0.2) is 30.6 Å². The molecule has 0 spiro atoms. The average molecular weight is 458 g/mol. The van der Waals surface area contributed by atoms with Crippen LogP contribution in [0.1, 0.15) is 29.8 Å². The number of hydrogen-bond donors (Lipinski definition) is 2. The largest absolute Gasteiger partial charge is 0.489 e. The topological polar surface area (TPSA) is 71.7 Å². The minimum absolute atomic E-state index is 0. The summed E-state index contributed by atoms with van der Waals surface area (Å²) in [5.74, 6) is 3.04. The van der Waals surface area contributed by atoms with Crippen LogP contribution < -0.4 is 15.4 Å². The molecule has 1 aromatic heterocycles. The van der Waals surface area contributed by atoms with E-state index in [-0.39, 0.29) is 30.1 Å². The summed E-state index contributed by atoms with van der Waals surface area (Å²) in [4.78, 5) is 8.53. The Morgan fingerprint density at radius 2 is 1.88 bits per heavy atom. The normalized spacial score (nSPS) is 12.3. The minimum atomic E-state index is 0. The van der Waals surface area contributed by atoms with E-state index in [0.29, 0.717) is 24.9 Å². The summed E-state index contributed by atoms with van der Waals surface area (Å²) in [6.07, 6.45) is 0.0116. The number of aliphatic imine (C=N–C) groups is 1. The third-order valence-electron chi connectivity index (χ3n) is 3.62. The molecule has 0 saturated heterocycles. The molecule has 25 heavy (non-hydrogen) atoms. The van der Waals surface area contributed by atoms with Gasteiger partial charge in [-0.15, -0.1) is 24.0 Å². The second kappa shape index (κ2) is 10.3. The molecule has 0 aliphatic rings. The van der Waals surface area contributed by atoms with Crippen molar-refractivity contribution in [1.82, 2.24) is 15.6 Å². The van der Waals surface area contributed by atoms with E-state index >= 15 is 0 Å². The summed E-state index contributed by atoms with van der Waals surface area (Å²) in [5, 5.41) is 6.42. The Labute approximate surface area is 166 Å². The summed E-state index contributed by atoms with van der Waals surface area (Å²) in [6, 6.07) is 8.03. The summed E-state index contributed by atoms with van der Waals surface area (Å²) in [7, 11) is 1.73. The van der Waals surface area contributed by atoms with E-state index in [2.05, 4.69) is 27.5 Å². The van der Waals surface area contributed by atoms with Crippen molar-refractivity contribution in [1.29, 1.82) is 0 Å². The second-order valence-corrected chi connectivity index (χ2v) is 5.80. The predicted molar refractivity (Wildman–Crippen MR) is 111 cm³/mol. The fourth-order valence-electron chi connectivity index (χ4n) is 2.13. The predicted octanol–water partition coefficient (Wildman–Crippen LogP) is 3.35.